The molecule has 1 aliphatic carbocycles. The average molecular weight is 466 g/mol. The quantitative estimate of drug-likeness (QED) is 0.460. The third-order valence-corrected chi connectivity index (χ3v) is 7.30. The van der Waals surface area contributed by atoms with Gasteiger partial charge in [0.15, 0.2) is 0 Å². The molecule has 1 saturated carbocycles. The van der Waals surface area contributed by atoms with Crippen molar-refractivity contribution in [2.75, 3.05) is 46.0 Å². The number of methoxy groups -OCH3 is 3. The van der Waals surface area contributed by atoms with E-state index in [0.29, 0.717) is 11.9 Å². The predicted molar refractivity (Wildman–Crippen MR) is 134 cm³/mol. The van der Waals surface area contributed by atoms with E-state index < -0.39 is 0 Å². The molecule has 1 aromatic carbocycles. The molecule has 0 spiro atoms. The zero-order valence-electron chi connectivity index (χ0n) is 20.7. The van der Waals surface area contributed by atoms with Crippen LogP contribution in [0.4, 0.5) is 5.69 Å². The minimum absolute atomic E-state index is 0.420. The second-order valence-electron chi connectivity index (χ2n) is 9.40. The van der Waals surface area contributed by atoms with Crippen molar-refractivity contribution in [3.05, 3.63) is 35.9 Å². The maximum absolute atomic E-state index is 5.89. The molecule has 0 bridgehead atoms. The first-order valence-corrected chi connectivity index (χ1v) is 12.3. The number of ether oxygens (including phenoxy) is 4. The highest BCUT2D eigenvalue weighted by Gasteiger charge is 2.32. The molecule has 1 aliphatic heterocycles. The molecule has 0 radical (unpaired) electrons. The monoisotopic (exact) mass is 465 g/mol. The van der Waals surface area contributed by atoms with Crippen molar-refractivity contribution in [2.45, 2.75) is 45.1 Å². The number of anilines is 1. The molecule has 0 N–H and O–H groups in total. The summed E-state index contributed by atoms with van der Waals surface area (Å²) in [4.78, 5) is 2.56. The Kier molecular flexibility index (Phi) is 6.55. The summed E-state index contributed by atoms with van der Waals surface area (Å²) >= 11 is 0. The highest BCUT2D eigenvalue weighted by Crippen LogP contribution is 2.43. The highest BCUT2D eigenvalue weighted by molar-refractivity contribution is 5.84. The lowest BCUT2D eigenvalue weighted by atomic mass is 9.84. The molecule has 0 unspecified atom stereocenters. The Labute approximate surface area is 201 Å². The summed E-state index contributed by atoms with van der Waals surface area (Å²) in [7, 11) is 5.10. The Morgan fingerprint density at radius 3 is 2.29 bits per heavy atom. The molecule has 34 heavy (non-hydrogen) atoms. The van der Waals surface area contributed by atoms with Crippen LogP contribution in [0.25, 0.3) is 16.8 Å². The number of fused-ring (bicyclic) bond motifs is 1. The van der Waals surface area contributed by atoms with Crippen molar-refractivity contribution in [3.8, 4) is 28.6 Å². The third kappa shape index (κ3) is 4.06. The Morgan fingerprint density at radius 1 is 1.00 bits per heavy atom. The minimum atomic E-state index is 0.420. The molecule has 3 heterocycles. The number of pyridine rings is 1. The van der Waals surface area contributed by atoms with Crippen LogP contribution in [0.2, 0.25) is 0 Å². The predicted octanol–water partition coefficient (Wildman–Crippen LogP) is 5.12. The largest absolute Gasteiger partial charge is 0.496 e. The fourth-order valence-electron chi connectivity index (χ4n) is 5.30. The summed E-state index contributed by atoms with van der Waals surface area (Å²) in [5.74, 6) is 2.90. The fourth-order valence-corrected chi connectivity index (χ4v) is 5.30. The van der Waals surface area contributed by atoms with E-state index >= 15 is 0 Å². The minimum Gasteiger partial charge on any atom is -0.496 e. The maximum Gasteiger partial charge on any atom is 0.257 e. The molecule has 2 aromatic heterocycles. The molecule has 7 nitrogen and oxygen atoms in total. The Hall–Kier alpha value is -2.93. The van der Waals surface area contributed by atoms with Gasteiger partial charge >= 0.3 is 0 Å². The summed E-state index contributed by atoms with van der Waals surface area (Å²) in [6.07, 6.45) is 5.96. The molecule has 7 heteroatoms. The number of rotatable bonds is 8. The zero-order chi connectivity index (χ0) is 23.7. The van der Waals surface area contributed by atoms with E-state index in [9.17, 15) is 0 Å². The second kappa shape index (κ2) is 9.74. The number of hydrogen-bond acceptors (Lipinski definition) is 6. The van der Waals surface area contributed by atoms with E-state index in [1.54, 1.807) is 21.3 Å². The topological polar surface area (TPSA) is 57.5 Å². The van der Waals surface area contributed by atoms with E-state index in [0.717, 1.165) is 78.0 Å². The van der Waals surface area contributed by atoms with E-state index in [1.165, 1.54) is 19.3 Å². The van der Waals surface area contributed by atoms with Gasteiger partial charge in [0.1, 0.15) is 17.2 Å². The van der Waals surface area contributed by atoms with Gasteiger partial charge in [0, 0.05) is 25.8 Å². The van der Waals surface area contributed by atoms with Gasteiger partial charge in [-0.05, 0) is 68.4 Å². The summed E-state index contributed by atoms with van der Waals surface area (Å²) in [5.41, 5.74) is 4.98. The SMILES string of the molecule is COc1cc(C)cc(OC)c1-c1cccc2c(N(CC3CCC3)C3CCOCC3)c(OC)nn12. The van der Waals surface area contributed by atoms with Gasteiger partial charge in [-0.1, -0.05) is 12.5 Å². The van der Waals surface area contributed by atoms with Crippen LogP contribution >= 0.6 is 0 Å². The van der Waals surface area contributed by atoms with Crippen LogP contribution < -0.4 is 19.1 Å². The van der Waals surface area contributed by atoms with Crippen LogP contribution in [0, 0.1) is 12.8 Å². The lowest BCUT2D eigenvalue weighted by Gasteiger charge is -2.40. The average Bonchev–Trinajstić information content (AvgIpc) is 3.22. The van der Waals surface area contributed by atoms with E-state index in [4.69, 9.17) is 24.0 Å². The molecule has 0 atom stereocenters. The van der Waals surface area contributed by atoms with Crippen LogP contribution in [-0.2, 0) is 4.74 Å². The first-order chi connectivity index (χ1) is 16.6. The lowest BCUT2D eigenvalue weighted by molar-refractivity contribution is 0.0828. The summed E-state index contributed by atoms with van der Waals surface area (Å²) < 4.78 is 25.1. The molecule has 3 aromatic rings. The van der Waals surface area contributed by atoms with Crippen LogP contribution in [0.15, 0.2) is 30.3 Å². The smallest absolute Gasteiger partial charge is 0.257 e. The van der Waals surface area contributed by atoms with Crippen molar-refractivity contribution >= 4 is 11.2 Å². The maximum atomic E-state index is 5.89. The molecular formula is C27H35N3O4. The normalized spacial score (nSPS) is 16.9. The second-order valence-corrected chi connectivity index (χ2v) is 9.40. The van der Waals surface area contributed by atoms with Gasteiger partial charge in [-0.25, -0.2) is 4.52 Å². The van der Waals surface area contributed by atoms with Crippen molar-refractivity contribution in [1.82, 2.24) is 9.61 Å². The van der Waals surface area contributed by atoms with Gasteiger partial charge in [-0.2, -0.15) is 0 Å². The molecular weight excluding hydrogens is 430 g/mol. The number of aromatic nitrogens is 2. The van der Waals surface area contributed by atoms with Crippen molar-refractivity contribution in [2.24, 2.45) is 5.92 Å². The van der Waals surface area contributed by atoms with Crippen LogP contribution in [0.1, 0.15) is 37.7 Å². The van der Waals surface area contributed by atoms with Gasteiger partial charge in [-0.3, -0.25) is 0 Å². The molecule has 0 amide bonds. The standard InChI is InChI=1S/C27H35N3O4/c1-18-15-23(31-2)25(24(16-18)32-3)21-9-6-10-22-26(27(33-4)28-30(21)22)29(17-19-7-5-8-19)20-11-13-34-14-12-20/h6,9-10,15-16,19-20H,5,7-8,11-14,17H2,1-4H3. The molecule has 182 valence electrons. The number of aryl methyl sites for hydroxylation is 1. The van der Waals surface area contributed by atoms with Crippen LogP contribution in [0.3, 0.4) is 0 Å². The van der Waals surface area contributed by atoms with E-state index in [-0.39, 0.29) is 0 Å². The zero-order valence-corrected chi connectivity index (χ0v) is 20.7. The number of hydrogen-bond donors (Lipinski definition) is 0. The van der Waals surface area contributed by atoms with Crippen LogP contribution in [-0.4, -0.2) is 56.7 Å². The van der Waals surface area contributed by atoms with Gasteiger partial charge in [0.05, 0.1) is 38.1 Å². The first kappa shape index (κ1) is 22.8. The van der Waals surface area contributed by atoms with Crippen molar-refractivity contribution < 1.29 is 18.9 Å². The summed E-state index contributed by atoms with van der Waals surface area (Å²) in [6.45, 7) is 4.67. The Balaban J connectivity index is 1.68. The van der Waals surface area contributed by atoms with Gasteiger partial charge in [-0.15, -0.1) is 5.10 Å². The van der Waals surface area contributed by atoms with Crippen molar-refractivity contribution in [1.29, 1.82) is 0 Å². The molecule has 1 saturated heterocycles. The first-order valence-electron chi connectivity index (χ1n) is 12.3. The van der Waals surface area contributed by atoms with Gasteiger partial charge in [0.25, 0.3) is 5.88 Å². The van der Waals surface area contributed by atoms with E-state index in [2.05, 4.69) is 23.1 Å². The highest BCUT2D eigenvalue weighted by atomic mass is 16.5. The summed E-state index contributed by atoms with van der Waals surface area (Å²) in [5, 5.41) is 4.96. The number of nitrogens with zero attached hydrogens (tertiary/aromatic N) is 3. The lowest BCUT2D eigenvalue weighted by Crippen LogP contribution is -2.43. The third-order valence-electron chi connectivity index (χ3n) is 7.30. The Morgan fingerprint density at radius 2 is 1.71 bits per heavy atom. The molecule has 2 aliphatic rings. The fraction of sp³-hybridized carbons (Fsp3) is 0.519. The summed E-state index contributed by atoms with van der Waals surface area (Å²) in [6, 6.07) is 10.8. The van der Waals surface area contributed by atoms with E-state index in [1.807, 2.05) is 23.6 Å². The van der Waals surface area contributed by atoms with Crippen LogP contribution in [0.5, 0.6) is 17.4 Å². The molecule has 2 fully saturated rings. The van der Waals surface area contributed by atoms with Gasteiger partial charge in [0.2, 0.25) is 0 Å². The van der Waals surface area contributed by atoms with Gasteiger partial charge < -0.3 is 23.8 Å². The Bertz CT molecular complexity index is 1120. The van der Waals surface area contributed by atoms with Crippen molar-refractivity contribution in [3.63, 3.8) is 0 Å². The number of benzene rings is 1. The molecule has 5 rings (SSSR count).